The summed E-state index contributed by atoms with van der Waals surface area (Å²) in [6.45, 7) is 14.2. The lowest BCUT2D eigenvalue weighted by atomic mass is 10.1. The standard InChI is InChI=1S/C18H23FN4O.C8H17NO/c1-5-6-12(2)15-16(23(3)4)17(24)22-18(21-15)20-11-13-7-9-14(19)10-8-13;1-2-3-4-9-5-7-10-8-6-9/h7-10H,2,5-6,11H2,1,3-4H3,(H2,20,21,22,24);2-8H2,1H3. The van der Waals surface area contributed by atoms with E-state index >= 15 is 0 Å². The van der Waals surface area contributed by atoms with Gasteiger partial charge in [-0.05, 0) is 42.7 Å². The summed E-state index contributed by atoms with van der Waals surface area (Å²) in [4.78, 5) is 23.9. The Morgan fingerprint density at radius 3 is 2.47 bits per heavy atom. The Hall–Kier alpha value is -2.71. The summed E-state index contributed by atoms with van der Waals surface area (Å²) in [5.74, 6) is 0.0981. The molecule has 1 aromatic heterocycles. The number of hydrogen-bond acceptors (Lipinski definition) is 6. The lowest BCUT2D eigenvalue weighted by molar-refractivity contribution is 0.0373. The van der Waals surface area contributed by atoms with Crippen LogP contribution in [0, 0.1) is 5.82 Å². The van der Waals surface area contributed by atoms with Crippen molar-refractivity contribution >= 4 is 17.2 Å². The molecule has 0 aliphatic carbocycles. The van der Waals surface area contributed by atoms with Crippen LogP contribution in [0.15, 0.2) is 35.6 Å². The fraction of sp³-hybridized carbons (Fsp3) is 0.538. The van der Waals surface area contributed by atoms with E-state index in [0.29, 0.717) is 23.9 Å². The number of nitrogens with one attached hydrogen (secondary N) is 2. The fourth-order valence-electron chi connectivity index (χ4n) is 3.63. The van der Waals surface area contributed by atoms with Crippen molar-refractivity contribution in [2.45, 2.75) is 46.1 Å². The van der Waals surface area contributed by atoms with Crippen LogP contribution in [-0.4, -0.2) is 61.8 Å². The second kappa shape index (κ2) is 14.5. The predicted molar refractivity (Wildman–Crippen MR) is 139 cm³/mol. The molecule has 34 heavy (non-hydrogen) atoms. The molecule has 0 radical (unpaired) electrons. The molecule has 8 heteroatoms. The van der Waals surface area contributed by atoms with Gasteiger partial charge < -0.3 is 15.0 Å². The Morgan fingerprint density at radius 2 is 1.88 bits per heavy atom. The number of aromatic amines is 1. The van der Waals surface area contributed by atoms with Gasteiger partial charge in [0.2, 0.25) is 5.95 Å². The van der Waals surface area contributed by atoms with Crippen LogP contribution in [0.2, 0.25) is 0 Å². The lowest BCUT2D eigenvalue weighted by Gasteiger charge is -2.26. The maximum atomic E-state index is 12.9. The largest absolute Gasteiger partial charge is 0.379 e. The molecule has 1 fully saturated rings. The highest BCUT2D eigenvalue weighted by Gasteiger charge is 2.15. The average molecular weight is 474 g/mol. The van der Waals surface area contributed by atoms with E-state index in [0.717, 1.165) is 50.3 Å². The molecule has 2 aromatic rings. The van der Waals surface area contributed by atoms with Gasteiger partial charge in [0, 0.05) is 33.7 Å². The third-order valence-electron chi connectivity index (χ3n) is 5.53. The first-order valence-corrected chi connectivity index (χ1v) is 12.1. The highest BCUT2D eigenvalue weighted by Crippen LogP contribution is 2.23. The van der Waals surface area contributed by atoms with Crippen molar-refractivity contribution in [3.63, 3.8) is 0 Å². The van der Waals surface area contributed by atoms with Crippen molar-refractivity contribution in [3.05, 3.63) is 58.3 Å². The molecular formula is C26H40FN5O2. The second-order valence-corrected chi connectivity index (χ2v) is 8.65. The van der Waals surface area contributed by atoms with E-state index in [4.69, 9.17) is 4.74 Å². The molecular weight excluding hydrogens is 433 g/mol. The minimum atomic E-state index is -0.279. The predicted octanol–water partition coefficient (Wildman–Crippen LogP) is 4.52. The number of nitrogens with zero attached hydrogens (tertiary/aromatic N) is 3. The number of ether oxygens (including phenoxy) is 1. The molecule has 0 unspecified atom stereocenters. The summed E-state index contributed by atoms with van der Waals surface area (Å²) >= 11 is 0. The first kappa shape index (κ1) is 27.5. The maximum absolute atomic E-state index is 12.9. The van der Waals surface area contributed by atoms with Gasteiger partial charge in [0.05, 0.1) is 18.9 Å². The molecule has 1 aliphatic heterocycles. The van der Waals surface area contributed by atoms with Gasteiger partial charge in [-0.2, -0.15) is 0 Å². The van der Waals surface area contributed by atoms with Crippen LogP contribution in [0.1, 0.15) is 50.8 Å². The molecule has 188 valence electrons. The van der Waals surface area contributed by atoms with Crippen LogP contribution in [0.3, 0.4) is 0 Å². The zero-order valence-corrected chi connectivity index (χ0v) is 21.1. The van der Waals surface area contributed by atoms with Crippen molar-refractivity contribution < 1.29 is 9.13 Å². The van der Waals surface area contributed by atoms with E-state index < -0.39 is 0 Å². The van der Waals surface area contributed by atoms with Gasteiger partial charge in [0.15, 0.2) is 0 Å². The number of rotatable bonds is 10. The maximum Gasteiger partial charge on any atom is 0.276 e. The second-order valence-electron chi connectivity index (χ2n) is 8.65. The van der Waals surface area contributed by atoms with Crippen molar-refractivity contribution in [2.75, 3.05) is 57.2 Å². The minimum absolute atomic E-state index is 0.219. The number of morpholine rings is 1. The molecule has 2 heterocycles. The van der Waals surface area contributed by atoms with Gasteiger partial charge in [-0.1, -0.05) is 45.4 Å². The SMILES string of the molecule is C=C(CCC)c1nc(NCc2ccc(F)cc2)[nH]c(=O)c1N(C)C.CCCCN1CCOCC1. The molecule has 0 amide bonds. The first-order valence-electron chi connectivity index (χ1n) is 12.1. The van der Waals surface area contributed by atoms with Crippen LogP contribution < -0.4 is 15.8 Å². The van der Waals surface area contributed by atoms with Gasteiger partial charge in [0.1, 0.15) is 11.5 Å². The van der Waals surface area contributed by atoms with E-state index in [9.17, 15) is 9.18 Å². The van der Waals surface area contributed by atoms with Gasteiger partial charge in [-0.25, -0.2) is 9.37 Å². The Labute approximate surface area is 203 Å². The summed E-state index contributed by atoms with van der Waals surface area (Å²) < 4.78 is 18.2. The normalized spacial score (nSPS) is 13.7. The molecule has 1 saturated heterocycles. The molecule has 2 N–H and O–H groups in total. The number of anilines is 2. The number of benzene rings is 1. The zero-order valence-electron chi connectivity index (χ0n) is 21.1. The van der Waals surface area contributed by atoms with Crippen molar-refractivity contribution in [2.24, 2.45) is 0 Å². The van der Waals surface area contributed by atoms with Crippen molar-refractivity contribution in [1.82, 2.24) is 14.9 Å². The Kier molecular flexibility index (Phi) is 11.8. The molecule has 1 aromatic carbocycles. The highest BCUT2D eigenvalue weighted by atomic mass is 19.1. The smallest absolute Gasteiger partial charge is 0.276 e. The van der Waals surface area contributed by atoms with Crippen molar-refractivity contribution in [1.29, 1.82) is 0 Å². The number of aromatic nitrogens is 2. The molecule has 3 rings (SSSR count). The molecule has 7 nitrogen and oxygen atoms in total. The number of hydrogen-bond donors (Lipinski definition) is 2. The number of unbranched alkanes of at least 4 members (excludes halogenated alkanes) is 1. The summed E-state index contributed by atoms with van der Waals surface area (Å²) in [6.07, 6.45) is 4.34. The monoisotopic (exact) mass is 473 g/mol. The number of allylic oxidation sites excluding steroid dienone is 1. The zero-order chi connectivity index (χ0) is 24.9. The third-order valence-corrected chi connectivity index (χ3v) is 5.53. The average Bonchev–Trinajstić information content (AvgIpc) is 2.83. The van der Waals surface area contributed by atoms with Gasteiger partial charge in [0.25, 0.3) is 5.56 Å². The molecule has 1 aliphatic rings. The number of H-pyrrole nitrogens is 1. The number of halogens is 1. The lowest BCUT2D eigenvalue weighted by Crippen LogP contribution is -2.36. The Morgan fingerprint density at radius 1 is 1.21 bits per heavy atom. The van der Waals surface area contributed by atoms with E-state index in [-0.39, 0.29) is 11.4 Å². The molecule has 0 spiro atoms. The van der Waals surface area contributed by atoms with Crippen LogP contribution in [0.4, 0.5) is 16.0 Å². The van der Waals surface area contributed by atoms with E-state index in [1.54, 1.807) is 31.1 Å². The summed E-state index contributed by atoms with van der Waals surface area (Å²) in [5, 5.41) is 3.08. The van der Waals surface area contributed by atoms with Crippen molar-refractivity contribution in [3.8, 4) is 0 Å². The van der Waals surface area contributed by atoms with E-state index in [2.05, 4.69) is 40.6 Å². The Bertz CT molecular complexity index is 937. The minimum Gasteiger partial charge on any atom is -0.379 e. The van der Waals surface area contributed by atoms with E-state index in [1.165, 1.54) is 31.5 Å². The van der Waals surface area contributed by atoms with Crippen LogP contribution in [-0.2, 0) is 11.3 Å². The van der Waals surface area contributed by atoms with Gasteiger partial charge in [-0.3, -0.25) is 14.7 Å². The molecule has 0 saturated carbocycles. The molecule has 0 atom stereocenters. The summed E-state index contributed by atoms with van der Waals surface area (Å²) in [5.41, 5.74) is 2.61. The summed E-state index contributed by atoms with van der Waals surface area (Å²) in [6, 6.07) is 6.17. The highest BCUT2D eigenvalue weighted by molar-refractivity contribution is 5.72. The first-order chi connectivity index (χ1) is 16.3. The van der Waals surface area contributed by atoms with Gasteiger partial charge in [-0.15, -0.1) is 0 Å². The van der Waals surface area contributed by atoms with E-state index in [1.807, 2.05) is 0 Å². The van der Waals surface area contributed by atoms with Crippen LogP contribution in [0.25, 0.3) is 5.57 Å². The fourth-order valence-corrected chi connectivity index (χ4v) is 3.63. The Balaban J connectivity index is 0.000000340. The molecule has 0 bridgehead atoms. The van der Waals surface area contributed by atoms with Crippen LogP contribution >= 0.6 is 0 Å². The van der Waals surface area contributed by atoms with Gasteiger partial charge >= 0.3 is 0 Å². The van der Waals surface area contributed by atoms with Crippen LogP contribution in [0.5, 0.6) is 0 Å². The third kappa shape index (κ3) is 8.91. The topological polar surface area (TPSA) is 73.5 Å². The summed E-state index contributed by atoms with van der Waals surface area (Å²) in [7, 11) is 3.61. The quantitative estimate of drug-likeness (QED) is 0.529.